The molecule has 0 saturated carbocycles. The largest absolute Gasteiger partial charge is 0.396 e. The molecule has 0 aliphatic carbocycles. The van der Waals surface area contributed by atoms with Gasteiger partial charge in [-0.2, -0.15) is 0 Å². The topological polar surface area (TPSA) is 78.4 Å². The number of hydrogen-bond acceptors (Lipinski definition) is 3. The van der Waals surface area contributed by atoms with Gasteiger partial charge in [0, 0.05) is 18.8 Å². The van der Waals surface area contributed by atoms with E-state index < -0.39 is 17.6 Å². The summed E-state index contributed by atoms with van der Waals surface area (Å²) < 4.78 is 13.5. The molecule has 0 heterocycles. The number of amides is 2. The van der Waals surface area contributed by atoms with E-state index in [1.165, 1.54) is 18.2 Å². The molecule has 0 spiro atoms. The van der Waals surface area contributed by atoms with Crippen LogP contribution >= 0.6 is 0 Å². The first-order valence-electron chi connectivity index (χ1n) is 8.52. The first-order valence-corrected chi connectivity index (χ1v) is 8.52. The molecule has 5 nitrogen and oxygen atoms in total. The third kappa shape index (κ3) is 5.67. The summed E-state index contributed by atoms with van der Waals surface area (Å²) in [6, 6.07) is 14.0. The molecule has 1 unspecified atom stereocenters. The fourth-order valence-corrected chi connectivity index (χ4v) is 2.66. The predicted molar refractivity (Wildman–Crippen MR) is 98.3 cm³/mol. The molecule has 3 N–H and O–H groups in total. The summed E-state index contributed by atoms with van der Waals surface area (Å²) in [6.45, 7) is 1.96. The van der Waals surface area contributed by atoms with Crippen molar-refractivity contribution in [1.82, 2.24) is 5.32 Å². The highest BCUT2D eigenvalue weighted by Gasteiger charge is 2.16. The lowest BCUT2D eigenvalue weighted by molar-refractivity contribution is -0.136. The van der Waals surface area contributed by atoms with Crippen LogP contribution in [-0.4, -0.2) is 30.1 Å². The van der Waals surface area contributed by atoms with E-state index in [9.17, 15) is 19.1 Å². The standard InChI is InChI=1S/C20H23FN2O3/c1-14-7-8-17(13-18(14)21)23-20(26)19(25)22-11-9-16(10-12-24)15-5-3-2-4-6-15/h2-8,13,16,24H,9-12H2,1H3,(H,22,25)(H,23,26). The summed E-state index contributed by atoms with van der Waals surface area (Å²) >= 11 is 0. The Morgan fingerprint density at radius 3 is 2.46 bits per heavy atom. The Morgan fingerprint density at radius 1 is 1.08 bits per heavy atom. The Morgan fingerprint density at radius 2 is 1.81 bits per heavy atom. The molecule has 2 rings (SSSR count). The zero-order valence-electron chi connectivity index (χ0n) is 14.7. The van der Waals surface area contributed by atoms with E-state index in [2.05, 4.69) is 10.6 Å². The van der Waals surface area contributed by atoms with Crippen LogP contribution in [0.2, 0.25) is 0 Å². The Bertz CT molecular complexity index is 750. The maximum atomic E-state index is 13.5. The van der Waals surface area contributed by atoms with Crippen LogP contribution in [0.3, 0.4) is 0 Å². The Kier molecular flexibility index (Phi) is 7.29. The molecule has 0 aliphatic heterocycles. The molecule has 2 amide bonds. The third-order valence-corrected chi connectivity index (χ3v) is 4.16. The van der Waals surface area contributed by atoms with Crippen molar-refractivity contribution < 1.29 is 19.1 Å². The van der Waals surface area contributed by atoms with Crippen molar-refractivity contribution in [2.75, 3.05) is 18.5 Å². The van der Waals surface area contributed by atoms with Gasteiger partial charge in [0.15, 0.2) is 0 Å². The average molecular weight is 358 g/mol. The van der Waals surface area contributed by atoms with Gasteiger partial charge in [-0.05, 0) is 48.9 Å². The molecule has 0 aromatic heterocycles. The molecule has 0 saturated heterocycles. The van der Waals surface area contributed by atoms with E-state index in [-0.39, 0.29) is 18.2 Å². The highest BCUT2D eigenvalue weighted by atomic mass is 19.1. The lowest BCUT2D eigenvalue weighted by atomic mass is 9.93. The number of aliphatic hydroxyl groups is 1. The summed E-state index contributed by atoms with van der Waals surface area (Å²) in [5.74, 6) is -1.97. The van der Waals surface area contributed by atoms with Crippen molar-refractivity contribution in [1.29, 1.82) is 0 Å². The van der Waals surface area contributed by atoms with E-state index in [1.807, 2.05) is 30.3 Å². The molecular formula is C20H23FN2O3. The lowest BCUT2D eigenvalue weighted by Crippen LogP contribution is -2.36. The van der Waals surface area contributed by atoms with Crippen LogP contribution in [0.15, 0.2) is 48.5 Å². The van der Waals surface area contributed by atoms with Gasteiger partial charge in [0.1, 0.15) is 5.82 Å². The number of rotatable bonds is 7. The summed E-state index contributed by atoms with van der Waals surface area (Å²) in [5.41, 5.74) is 1.77. The molecule has 1 atom stereocenters. The number of aryl methyl sites for hydroxylation is 1. The van der Waals surface area contributed by atoms with Crippen molar-refractivity contribution in [2.24, 2.45) is 0 Å². The van der Waals surface area contributed by atoms with Crippen molar-refractivity contribution >= 4 is 17.5 Å². The van der Waals surface area contributed by atoms with E-state index in [0.29, 0.717) is 24.9 Å². The maximum absolute atomic E-state index is 13.5. The quantitative estimate of drug-likeness (QED) is 0.666. The highest BCUT2D eigenvalue weighted by molar-refractivity contribution is 6.39. The van der Waals surface area contributed by atoms with Crippen LogP contribution in [0.5, 0.6) is 0 Å². The molecule has 0 radical (unpaired) electrons. The molecule has 138 valence electrons. The highest BCUT2D eigenvalue weighted by Crippen LogP contribution is 2.22. The minimum atomic E-state index is -0.841. The maximum Gasteiger partial charge on any atom is 0.313 e. The normalized spacial score (nSPS) is 11.7. The molecule has 2 aromatic carbocycles. The van der Waals surface area contributed by atoms with Crippen molar-refractivity contribution in [2.45, 2.75) is 25.7 Å². The number of anilines is 1. The first kappa shape index (κ1) is 19.6. The lowest BCUT2D eigenvalue weighted by Gasteiger charge is -2.16. The average Bonchev–Trinajstić information content (AvgIpc) is 2.64. The Balaban J connectivity index is 1.84. The molecule has 0 fully saturated rings. The van der Waals surface area contributed by atoms with Crippen LogP contribution in [-0.2, 0) is 9.59 Å². The zero-order valence-corrected chi connectivity index (χ0v) is 14.7. The first-order chi connectivity index (χ1) is 12.5. The van der Waals surface area contributed by atoms with Crippen molar-refractivity contribution in [3.63, 3.8) is 0 Å². The second-order valence-corrected chi connectivity index (χ2v) is 6.08. The second-order valence-electron chi connectivity index (χ2n) is 6.08. The minimum Gasteiger partial charge on any atom is -0.396 e. The van der Waals surface area contributed by atoms with Gasteiger partial charge < -0.3 is 15.7 Å². The van der Waals surface area contributed by atoms with Gasteiger partial charge in [-0.25, -0.2) is 4.39 Å². The monoisotopic (exact) mass is 358 g/mol. The van der Waals surface area contributed by atoms with Crippen molar-refractivity contribution in [3.8, 4) is 0 Å². The molecule has 2 aromatic rings. The van der Waals surface area contributed by atoms with Crippen LogP contribution in [0.4, 0.5) is 10.1 Å². The zero-order chi connectivity index (χ0) is 18.9. The van der Waals surface area contributed by atoms with Gasteiger partial charge in [-0.3, -0.25) is 9.59 Å². The Labute approximate surface area is 152 Å². The van der Waals surface area contributed by atoms with Gasteiger partial charge in [-0.1, -0.05) is 36.4 Å². The molecule has 6 heteroatoms. The number of halogens is 1. The fourth-order valence-electron chi connectivity index (χ4n) is 2.66. The molecule has 0 aliphatic rings. The number of carbonyl (C=O) groups excluding carboxylic acids is 2. The number of nitrogens with one attached hydrogen (secondary N) is 2. The minimum absolute atomic E-state index is 0.0486. The van der Waals surface area contributed by atoms with Crippen molar-refractivity contribution in [3.05, 3.63) is 65.5 Å². The molecular weight excluding hydrogens is 335 g/mol. The van der Waals surface area contributed by atoms with E-state index in [0.717, 1.165) is 5.56 Å². The number of benzene rings is 2. The second kappa shape index (κ2) is 9.68. The van der Waals surface area contributed by atoms with Gasteiger partial charge in [0.05, 0.1) is 0 Å². The van der Waals surface area contributed by atoms with Crippen LogP contribution in [0, 0.1) is 12.7 Å². The van der Waals surface area contributed by atoms with Gasteiger partial charge in [0.2, 0.25) is 0 Å². The van der Waals surface area contributed by atoms with Crippen LogP contribution in [0.1, 0.15) is 29.9 Å². The van der Waals surface area contributed by atoms with Crippen LogP contribution in [0.25, 0.3) is 0 Å². The smallest absolute Gasteiger partial charge is 0.313 e. The fraction of sp³-hybridized carbons (Fsp3) is 0.300. The SMILES string of the molecule is Cc1ccc(NC(=O)C(=O)NCCC(CCO)c2ccccc2)cc1F. The van der Waals surface area contributed by atoms with E-state index >= 15 is 0 Å². The third-order valence-electron chi connectivity index (χ3n) is 4.16. The van der Waals surface area contributed by atoms with Gasteiger partial charge in [-0.15, -0.1) is 0 Å². The molecule has 26 heavy (non-hydrogen) atoms. The predicted octanol–water partition coefficient (Wildman–Crippen LogP) is 2.75. The summed E-state index contributed by atoms with van der Waals surface area (Å²) in [5, 5.41) is 14.2. The van der Waals surface area contributed by atoms with E-state index in [4.69, 9.17) is 0 Å². The Hall–Kier alpha value is -2.73. The van der Waals surface area contributed by atoms with Crippen LogP contribution < -0.4 is 10.6 Å². The van der Waals surface area contributed by atoms with Gasteiger partial charge in [0.25, 0.3) is 0 Å². The number of carbonyl (C=O) groups is 2. The number of aliphatic hydroxyl groups excluding tert-OH is 1. The molecule has 0 bridgehead atoms. The summed E-state index contributed by atoms with van der Waals surface area (Å²) in [7, 11) is 0. The van der Waals surface area contributed by atoms with Gasteiger partial charge >= 0.3 is 11.8 Å². The number of hydrogen-bond donors (Lipinski definition) is 3. The van der Waals surface area contributed by atoms with E-state index in [1.54, 1.807) is 6.92 Å². The summed E-state index contributed by atoms with van der Waals surface area (Å²) in [4.78, 5) is 23.8. The summed E-state index contributed by atoms with van der Waals surface area (Å²) in [6.07, 6.45) is 1.18.